The van der Waals surface area contributed by atoms with Gasteiger partial charge in [0.25, 0.3) is 0 Å². The lowest BCUT2D eigenvalue weighted by Gasteiger charge is -2.02. The molecule has 0 spiro atoms. The molecule has 2 aromatic rings. The summed E-state index contributed by atoms with van der Waals surface area (Å²) in [5.41, 5.74) is 0.909. The topological polar surface area (TPSA) is 42.0 Å². The van der Waals surface area contributed by atoms with Crippen LogP contribution < -0.4 is 5.32 Å². The van der Waals surface area contributed by atoms with Crippen molar-refractivity contribution in [3.05, 3.63) is 22.7 Å². The third-order valence-electron chi connectivity index (χ3n) is 2.10. The molecule has 0 radical (unpaired) electrons. The summed E-state index contributed by atoms with van der Waals surface area (Å²) in [7, 11) is 0. The smallest absolute Gasteiger partial charge is 0.228 e. The summed E-state index contributed by atoms with van der Waals surface area (Å²) in [6.45, 7) is 3.72. The normalized spacial score (nSPS) is 11.0. The predicted molar refractivity (Wildman–Crippen MR) is 70.8 cm³/mol. The summed E-state index contributed by atoms with van der Waals surface area (Å²) in [6, 6.07) is 5.87. The van der Waals surface area contributed by atoms with Crippen molar-refractivity contribution < 1.29 is 4.79 Å². The first-order valence-corrected chi connectivity index (χ1v) is 6.54. The Morgan fingerprint density at radius 3 is 2.94 bits per heavy atom. The highest BCUT2D eigenvalue weighted by molar-refractivity contribution is 9.10. The van der Waals surface area contributed by atoms with Crippen molar-refractivity contribution in [2.45, 2.75) is 13.8 Å². The van der Waals surface area contributed by atoms with Crippen LogP contribution in [-0.2, 0) is 4.79 Å². The van der Waals surface area contributed by atoms with Crippen molar-refractivity contribution in [2.75, 3.05) is 5.32 Å². The number of carbonyl (C=O) groups is 1. The van der Waals surface area contributed by atoms with Gasteiger partial charge in [-0.3, -0.25) is 4.79 Å². The van der Waals surface area contributed by atoms with Crippen molar-refractivity contribution in [3.8, 4) is 0 Å². The Morgan fingerprint density at radius 2 is 2.25 bits per heavy atom. The molecule has 2 rings (SSSR count). The number of amides is 1. The molecular formula is C11H11BrN2OS. The average molecular weight is 299 g/mol. The lowest BCUT2D eigenvalue weighted by molar-refractivity contribution is -0.118. The Hall–Kier alpha value is -0.940. The third kappa shape index (κ3) is 2.41. The molecule has 1 amide bonds. The van der Waals surface area contributed by atoms with E-state index in [1.165, 1.54) is 11.3 Å². The van der Waals surface area contributed by atoms with Gasteiger partial charge in [0.15, 0.2) is 5.13 Å². The second-order valence-electron chi connectivity index (χ2n) is 3.78. The summed E-state index contributed by atoms with van der Waals surface area (Å²) in [5.74, 6) is -0.0307. The first-order chi connectivity index (χ1) is 7.56. The molecule has 0 bridgehead atoms. The number of rotatable bonds is 2. The van der Waals surface area contributed by atoms with E-state index in [9.17, 15) is 4.79 Å². The van der Waals surface area contributed by atoms with E-state index in [0.29, 0.717) is 5.13 Å². The Kier molecular flexibility index (Phi) is 3.25. The van der Waals surface area contributed by atoms with Crippen LogP contribution in [0.25, 0.3) is 10.2 Å². The summed E-state index contributed by atoms with van der Waals surface area (Å²) >= 11 is 4.89. The largest absolute Gasteiger partial charge is 0.302 e. The molecule has 1 aromatic heterocycles. The van der Waals surface area contributed by atoms with Crippen LogP contribution in [0.3, 0.4) is 0 Å². The second kappa shape index (κ2) is 4.51. The molecule has 0 fully saturated rings. The molecule has 0 unspecified atom stereocenters. The summed E-state index contributed by atoms with van der Waals surface area (Å²) < 4.78 is 2.08. The molecule has 1 aromatic carbocycles. The van der Waals surface area contributed by atoms with Crippen molar-refractivity contribution in [2.24, 2.45) is 5.92 Å². The van der Waals surface area contributed by atoms with Crippen LogP contribution in [0, 0.1) is 5.92 Å². The number of fused-ring (bicyclic) bond motifs is 1. The van der Waals surface area contributed by atoms with Gasteiger partial charge in [-0.25, -0.2) is 4.98 Å². The van der Waals surface area contributed by atoms with E-state index in [4.69, 9.17) is 0 Å². The number of hydrogen-bond acceptors (Lipinski definition) is 3. The van der Waals surface area contributed by atoms with Crippen LogP contribution in [0.15, 0.2) is 22.7 Å². The number of halogens is 1. The van der Waals surface area contributed by atoms with Crippen LogP contribution in [0.4, 0.5) is 5.13 Å². The van der Waals surface area contributed by atoms with Crippen molar-refractivity contribution in [3.63, 3.8) is 0 Å². The van der Waals surface area contributed by atoms with E-state index in [2.05, 4.69) is 26.2 Å². The highest BCUT2D eigenvalue weighted by Gasteiger charge is 2.10. The fraction of sp³-hybridized carbons (Fsp3) is 0.273. The van der Waals surface area contributed by atoms with Gasteiger partial charge in [-0.15, -0.1) is 0 Å². The Labute approximate surface area is 106 Å². The highest BCUT2D eigenvalue weighted by atomic mass is 79.9. The fourth-order valence-corrected chi connectivity index (χ4v) is 2.62. The minimum atomic E-state index is -0.0289. The number of aromatic nitrogens is 1. The van der Waals surface area contributed by atoms with Gasteiger partial charge < -0.3 is 5.32 Å². The fourth-order valence-electron chi connectivity index (χ4n) is 1.20. The SMILES string of the molecule is CC(C)C(=O)Nc1nc2ccc(Br)cc2s1. The molecule has 1 N–H and O–H groups in total. The van der Waals surface area contributed by atoms with E-state index < -0.39 is 0 Å². The van der Waals surface area contributed by atoms with Crippen LogP contribution >= 0.6 is 27.3 Å². The van der Waals surface area contributed by atoms with Crippen molar-refractivity contribution in [1.29, 1.82) is 0 Å². The number of benzene rings is 1. The van der Waals surface area contributed by atoms with Gasteiger partial charge in [0.1, 0.15) is 0 Å². The Morgan fingerprint density at radius 1 is 1.50 bits per heavy atom. The van der Waals surface area contributed by atoms with Gasteiger partial charge in [-0.1, -0.05) is 41.1 Å². The maximum atomic E-state index is 11.5. The number of hydrogen-bond donors (Lipinski definition) is 1. The standard InChI is InChI=1S/C11H11BrN2OS/c1-6(2)10(15)14-11-13-8-4-3-7(12)5-9(8)16-11/h3-6H,1-2H3,(H,13,14,15). The van der Waals surface area contributed by atoms with Gasteiger partial charge in [0, 0.05) is 10.4 Å². The first kappa shape index (κ1) is 11.5. The molecule has 0 aliphatic carbocycles. The van der Waals surface area contributed by atoms with E-state index in [-0.39, 0.29) is 11.8 Å². The van der Waals surface area contributed by atoms with Crippen molar-refractivity contribution >= 4 is 48.5 Å². The zero-order valence-corrected chi connectivity index (χ0v) is 11.4. The molecular weight excluding hydrogens is 288 g/mol. The van der Waals surface area contributed by atoms with E-state index >= 15 is 0 Å². The van der Waals surface area contributed by atoms with Crippen molar-refractivity contribution in [1.82, 2.24) is 4.98 Å². The molecule has 0 atom stereocenters. The number of nitrogens with zero attached hydrogens (tertiary/aromatic N) is 1. The summed E-state index contributed by atoms with van der Waals surface area (Å²) in [4.78, 5) is 15.8. The highest BCUT2D eigenvalue weighted by Crippen LogP contribution is 2.28. The maximum absolute atomic E-state index is 11.5. The van der Waals surface area contributed by atoms with E-state index in [1.54, 1.807) is 0 Å². The number of thiazole rings is 1. The van der Waals surface area contributed by atoms with Crippen LogP contribution in [-0.4, -0.2) is 10.9 Å². The molecule has 0 aliphatic heterocycles. The van der Waals surface area contributed by atoms with Crippen LogP contribution in [0.1, 0.15) is 13.8 Å². The molecule has 3 nitrogen and oxygen atoms in total. The number of carbonyl (C=O) groups excluding carboxylic acids is 1. The van der Waals surface area contributed by atoms with Gasteiger partial charge in [0.2, 0.25) is 5.91 Å². The minimum absolute atomic E-state index is 0.00174. The van der Waals surface area contributed by atoms with Gasteiger partial charge in [-0.2, -0.15) is 0 Å². The average Bonchev–Trinajstić information content (AvgIpc) is 2.58. The lowest BCUT2D eigenvalue weighted by atomic mass is 10.2. The monoisotopic (exact) mass is 298 g/mol. The number of nitrogens with one attached hydrogen (secondary N) is 1. The Bertz CT molecular complexity index is 536. The Balaban J connectivity index is 2.29. The van der Waals surface area contributed by atoms with Crippen LogP contribution in [0.5, 0.6) is 0 Å². The lowest BCUT2D eigenvalue weighted by Crippen LogP contribution is -2.17. The third-order valence-corrected chi connectivity index (χ3v) is 3.53. The quantitative estimate of drug-likeness (QED) is 0.919. The molecule has 5 heteroatoms. The zero-order chi connectivity index (χ0) is 11.7. The molecule has 16 heavy (non-hydrogen) atoms. The molecule has 1 heterocycles. The summed E-state index contributed by atoms with van der Waals surface area (Å²) in [6.07, 6.45) is 0. The maximum Gasteiger partial charge on any atom is 0.228 e. The van der Waals surface area contributed by atoms with Gasteiger partial charge >= 0.3 is 0 Å². The summed E-state index contributed by atoms with van der Waals surface area (Å²) in [5, 5.41) is 3.46. The molecule has 84 valence electrons. The second-order valence-corrected chi connectivity index (χ2v) is 5.72. The van der Waals surface area contributed by atoms with Gasteiger partial charge in [-0.05, 0) is 18.2 Å². The van der Waals surface area contributed by atoms with Crippen LogP contribution in [0.2, 0.25) is 0 Å². The minimum Gasteiger partial charge on any atom is -0.302 e. The van der Waals surface area contributed by atoms with Gasteiger partial charge in [0.05, 0.1) is 10.2 Å². The molecule has 0 saturated heterocycles. The molecule has 0 aliphatic rings. The number of anilines is 1. The zero-order valence-electron chi connectivity index (χ0n) is 8.95. The van der Waals surface area contributed by atoms with E-state index in [1.807, 2.05) is 32.0 Å². The van der Waals surface area contributed by atoms with E-state index in [0.717, 1.165) is 14.7 Å². The predicted octanol–water partition coefficient (Wildman–Crippen LogP) is 3.65. The first-order valence-electron chi connectivity index (χ1n) is 4.93. The molecule has 0 saturated carbocycles.